The molecular weight excluding hydrogens is 763 g/mol. The van der Waals surface area contributed by atoms with Gasteiger partial charge in [0, 0.05) is 39.1 Å². The molecule has 0 spiro atoms. The molecule has 0 aromatic heterocycles. The molecule has 2 aromatic carbocycles. The first kappa shape index (κ1) is 42.5. The minimum Gasteiger partial charge on any atom is -0.395 e. The molecule has 0 bridgehead atoms. The number of carbonyl (C=O) groups excluding carboxylic acids is 7. The summed E-state index contributed by atoms with van der Waals surface area (Å²) >= 11 is 0. The van der Waals surface area contributed by atoms with E-state index in [0.29, 0.717) is 12.3 Å². The smallest absolute Gasteiger partial charge is 0.395 e. The Labute approximate surface area is 329 Å². The summed E-state index contributed by atoms with van der Waals surface area (Å²) in [6.45, 7) is -0.794. The summed E-state index contributed by atoms with van der Waals surface area (Å²) in [6.07, 6.45) is 4.69. The number of fused-ring (bicyclic) bond motifs is 1. The number of rotatable bonds is 19. The van der Waals surface area contributed by atoms with Crippen LogP contribution < -0.4 is 40.9 Å². The maximum Gasteiger partial charge on any atom is 0.587 e. The number of amides is 8. The molecule has 2 heterocycles. The van der Waals surface area contributed by atoms with Crippen molar-refractivity contribution in [3.05, 3.63) is 60.7 Å². The highest BCUT2D eigenvalue weighted by molar-refractivity contribution is 7.49. The third-order valence-electron chi connectivity index (χ3n) is 9.67. The third kappa shape index (κ3) is 13.5. The molecule has 0 radical (unpaired) electrons. The Hall–Kier alpha value is -5.68. The van der Waals surface area contributed by atoms with Crippen molar-refractivity contribution in [1.82, 2.24) is 41.7 Å². The molecule has 1 aliphatic carbocycles. The molecule has 19 nitrogen and oxygen atoms in total. The Balaban J connectivity index is 0.898. The predicted molar refractivity (Wildman–Crippen MR) is 203 cm³/mol. The fourth-order valence-corrected chi connectivity index (χ4v) is 7.92. The van der Waals surface area contributed by atoms with Crippen molar-refractivity contribution in [2.75, 3.05) is 59.0 Å². The lowest BCUT2D eigenvalue weighted by molar-refractivity contribution is -0.142. The van der Waals surface area contributed by atoms with Gasteiger partial charge in [0.05, 0.1) is 38.3 Å². The van der Waals surface area contributed by atoms with Crippen LogP contribution in [0.5, 0.6) is 11.5 Å². The van der Waals surface area contributed by atoms with Gasteiger partial charge in [-0.1, -0.05) is 42.8 Å². The summed E-state index contributed by atoms with van der Waals surface area (Å²) in [5.41, 5.74) is 0. The second-order valence-electron chi connectivity index (χ2n) is 13.7. The van der Waals surface area contributed by atoms with Crippen LogP contribution in [0.15, 0.2) is 60.7 Å². The van der Waals surface area contributed by atoms with E-state index in [2.05, 4.69) is 31.9 Å². The van der Waals surface area contributed by atoms with Crippen LogP contribution in [0.4, 0.5) is 4.79 Å². The monoisotopic (exact) mass is 812 g/mol. The highest BCUT2D eigenvalue weighted by Gasteiger charge is 2.41. The summed E-state index contributed by atoms with van der Waals surface area (Å²) in [5, 5.41) is 15.6. The molecule has 57 heavy (non-hydrogen) atoms. The third-order valence-corrected chi connectivity index (χ3v) is 11.0. The van der Waals surface area contributed by atoms with Crippen molar-refractivity contribution in [1.29, 1.82) is 0 Å². The van der Waals surface area contributed by atoms with E-state index in [0.717, 1.165) is 25.7 Å². The summed E-state index contributed by atoms with van der Waals surface area (Å²) in [4.78, 5) is 88.9. The number of hydrogen-bond donors (Lipinski definition) is 6. The van der Waals surface area contributed by atoms with Gasteiger partial charge < -0.3 is 50.7 Å². The van der Waals surface area contributed by atoms with Crippen LogP contribution in [0.3, 0.4) is 0 Å². The average Bonchev–Trinajstić information content (AvgIpc) is 3.77. The number of nitrogens with one attached hydrogen (secondary N) is 6. The molecule has 20 heteroatoms. The molecule has 3 atom stereocenters. The number of hydrogen-bond acceptors (Lipinski definition) is 11. The Morgan fingerprint density at radius 2 is 1.25 bits per heavy atom. The molecule has 2 aromatic rings. The Morgan fingerprint density at radius 1 is 0.684 bits per heavy atom. The normalized spacial score (nSPS) is 18.7. The number of para-hydroxylation sites is 2. The Morgan fingerprint density at radius 3 is 1.86 bits per heavy atom. The van der Waals surface area contributed by atoms with Gasteiger partial charge in [-0.05, 0) is 55.9 Å². The van der Waals surface area contributed by atoms with E-state index >= 15 is 0 Å². The standard InChI is InChI=1S/C37H49N8O11P/c46-30(14-8-7-9-26-15-16-29-34(26)43-37(52)42-29)39-23-31(47)40-24-32(48)44-18-20-45(21-19-44)33(49)25-41-36(51)35(50)38-17-22-54-57(53,55-27-10-3-1-4-11-27)56-28-12-5-2-6-13-28/h1-6,10-13,26,29,34H,7-9,14-25H2,(H,38,50)(H,39,46)(H,40,47)(H,41,51)(H2,42,43,52). The molecule has 308 valence electrons. The zero-order valence-electron chi connectivity index (χ0n) is 31.4. The van der Waals surface area contributed by atoms with Gasteiger partial charge in [-0.15, -0.1) is 0 Å². The summed E-state index contributed by atoms with van der Waals surface area (Å²) < 4.78 is 29.7. The van der Waals surface area contributed by atoms with E-state index in [9.17, 15) is 38.1 Å². The van der Waals surface area contributed by atoms with Crippen LogP contribution in [-0.4, -0.2) is 122 Å². The number of carbonyl (C=O) groups is 7. The van der Waals surface area contributed by atoms with Crippen LogP contribution in [0.2, 0.25) is 0 Å². The number of phosphoric ester groups is 1. The van der Waals surface area contributed by atoms with Gasteiger partial charge >= 0.3 is 25.7 Å². The minimum atomic E-state index is -4.19. The quantitative estimate of drug-likeness (QED) is 0.0646. The minimum absolute atomic E-state index is 0.117. The second-order valence-corrected chi connectivity index (χ2v) is 15.2. The molecule has 3 aliphatic rings. The highest BCUT2D eigenvalue weighted by Crippen LogP contribution is 2.49. The van der Waals surface area contributed by atoms with Crippen molar-refractivity contribution in [2.24, 2.45) is 5.92 Å². The first-order chi connectivity index (χ1) is 27.5. The van der Waals surface area contributed by atoms with Crippen molar-refractivity contribution in [2.45, 2.75) is 50.6 Å². The topological polar surface area (TPSA) is 243 Å². The predicted octanol–water partition coefficient (Wildman–Crippen LogP) is 0.425. The first-order valence-electron chi connectivity index (χ1n) is 18.9. The highest BCUT2D eigenvalue weighted by atomic mass is 31.2. The second kappa shape index (κ2) is 21.0. The summed E-state index contributed by atoms with van der Waals surface area (Å²) in [7, 11) is -4.19. The molecule has 2 saturated heterocycles. The number of phosphoric acid groups is 1. The van der Waals surface area contributed by atoms with Crippen LogP contribution >= 0.6 is 7.82 Å². The fourth-order valence-electron chi connectivity index (χ4n) is 6.70. The lowest BCUT2D eigenvalue weighted by atomic mass is 9.96. The van der Waals surface area contributed by atoms with E-state index < -0.39 is 38.0 Å². The summed E-state index contributed by atoms with van der Waals surface area (Å²) in [5.74, 6) is -2.82. The largest absolute Gasteiger partial charge is 0.587 e. The van der Waals surface area contributed by atoms with Gasteiger partial charge in [-0.2, -0.15) is 0 Å². The van der Waals surface area contributed by atoms with Gasteiger partial charge in [0.2, 0.25) is 23.6 Å². The SMILES string of the molecule is O=C(CCCCC1CCC2NC(=O)NC12)NCC(=O)NCC(=O)N1CCN(C(=O)CNC(=O)C(=O)NCCOP(=O)(Oc2ccccc2)Oc2ccccc2)CC1. The first-order valence-corrected chi connectivity index (χ1v) is 20.4. The van der Waals surface area contributed by atoms with Crippen molar-refractivity contribution >= 4 is 49.3 Å². The number of urea groups is 1. The van der Waals surface area contributed by atoms with Gasteiger partial charge in [0.25, 0.3) is 0 Å². The average molecular weight is 813 g/mol. The van der Waals surface area contributed by atoms with Crippen molar-refractivity contribution in [3.8, 4) is 11.5 Å². The van der Waals surface area contributed by atoms with E-state index in [-0.39, 0.29) is 100 Å². The Kier molecular flexibility index (Phi) is 15.7. The zero-order chi connectivity index (χ0) is 40.6. The lowest BCUT2D eigenvalue weighted by Crippen LogP contribution is -2.54. The molecule has 1 saturated carbocycles. The molecule has 5 rings (SSSR count). The molecular formula is C37H49N8O11P. The van der Waals surface area contributed by atoms with E-state index in [1.54, 1.807) is 60.7 Å². The molecule has 6 N–H and O–H groups in total. The van der Waals surface area contributed by atoms with Gasteiger partial charge in [0.1, 0.15) is 11.5 Å². The van der Waals surface area contributed by atoms with Gasteiger partial charge in [-0.3, -0.25) is 33.3 Å². The van der Waals surface area contributed by atoms with E-state index in [1.165, 1.54) is 9.80 Å². The van der Waals surface area contributed by atoms with E-state index in [4.69, 9.17) is 13.6 Å². The lowest BCUT2D eigenvalue weighted by Gasteiger charge is -2.34. The number of benzene rings is 2. The van der Waals surface area contributed by atoms with Crippen LogP contribution in [0.1, 0.15) is 38.5 Å². The molecule has 3 unspecified atom stereocenters. The van der Waals surface area contributed by atoms with Crippen molar-refractivity contribution < 1.29 is 51.7 Å². The van der Waals surface area contributed by atoms with Crippen LogP contribution in [-0.2, 0) is 37.9 Å². The zero-order valence-corrected chi connectivity index (χ0v) is 32.3. The fraction of sp³-hybridized carbons (Fsp3) is 0.486. The van der Waals surface area contributed by atoms with Gasteiger partial charge in [0.15, 0.2) is 0 Å². The maximum atomic E-state index is 13.3. The van der Waals surface area contributed by atoms with Crippen LogP contribution in [0, 0.1) is 5.92 Å². The van der Waals surface area contributed by atoms with Crippen LogP contribution in [0.25, 0.3) is 0 Å². The van der Waals surface area contributed by atoms with Gasteiger partial charge in [-0.25, -0.2) is 9.36 Å². The molecule has 3 fully saturated rings. The number of unbranched alkanes of at least 4 members (excludes halogenated alkanes) is 1. The maximum absolute atomic E-state index is 13.3. The van der Waals surface area contributed by atoms with Crippen molar-refractivity contribution in [3.63, 3.8) is 0 Å². The number of nitrogens with zero attached hydrogens (tertiary/aromatic N) is 2. The summed E-state index contributed by atoms with van der Waals surface area (Å²) in [6, 6.07) is 16.7. The molecule has 8 amide bonds. The number of piperazine rings is 1. The van der Waals surface area contributed by atoms with E-state index in [1.807, 2.05) is 0 Å². The molecule has 2 aliphatic heterocycles. The Bertz CT molecular complexity index is 1730.